The molecule has 0 saturated carbocycles. The summed E-state index contributed by atoms with van der Waals surface area (Å²) in [5, 5.41) is 2.97. The molecule has 1 amide bonds. The van der Waals surface area contributed by atoms with E-state index in [1.165, 1.54) is 19.3 Å². The van der Waals surface area contributed by atoms with Gasteiger partial charge in [0.2, 0.25) is 5.91 Å². The number of carbonyl (C=O) groups is 1. The molecule has 4 heteroatoms. The van der Waals surface area contributed by atoms with E-state index in [2.05, 4.69) is 5.32 Å². The first kappa shape index (κ1) is 12.8. The van der Waals surface area contributed by atoms with Crippen molar-refractivity contribution in [2.45, 2.75) is 44.6 Å². The maximum atomic E-state index is 11.6. The van der Waals surface area contributed by atoms with Crippen LogP contribution in [-0.4, -0.2) is 38.4 Å². The molecule has 2 aliphatic rings. The molecule has 2 rings (SSSR count). The number of amides is 1. The van der Waals surface area contributed by atoms with Crippen LogP contribution >= 0.6 is 0 Å². The Morgan fingerprint density at radius 3 is 2.71 bits per heavy atom. The Balaban J connectivity index is 1.51. The van der Waals surface area contributed by atoms with E-state index in [4.69, 9.17) is 9.47 Å². The van der Waals surface area contributed by atoms with E-state index in [9.17, 15) is 4.79 Å². The summed E-state index contributed by atoms with van der Waals surface area (Å²) in [6.07, 6.45) is 6.35. The summed E-state index contributed by atoms with van der Waals surface area (Å²) in [7, 11) is 0. The molecule has 0 aromatic carbocycles. The fourth-order valence-electron chi connectivity index (χ4n) is 2.54. The lowest BCUT2D eigenvalue weighted by molar-refractivity contribution is -0.130. The molecule has 0 radical (unpaired) electrons. The Morgan fingerprint density at radius 2 is 2.00 bits per heavy atom. The molecular weight excluding hydrogens is 218 g/mol. The van der Waals surface area contributed by atoms with Crippen molar-refractivity contribution in [1.29, 1.82) is 0 Å². The van der Waals surface area contributed by atoms with Crippen molar-refractivity contribution in [2.24, 2.45) is 5.92 Å². The SMILES string of the molecule is O=C(NCCCC1CCOCC1)C1CCCO1. The number of rotatable bonds is 5. The summed E-state index contributed by atoms with van der Waals surface area (Å²) in [4.78, 5) is 11.6. The third kappa shape index (κ3) is 4.28. The third-order valence-corrected chi connectivity index (χ3v) is 3.65. The second kappa shape index (κ2) is 6.97. The molecule has 2 heterocycles. The number of hydrogen-bond acceptors (Lipinski definition) is 3. The fraction of sp³-hybridized carbons (Fsp3) is 0.923. The Bertz CT molecular complexity index is 233. The average molecular weight is 241 g/mol. The predicted octanol–water partition coefficient (Wildman–Crippen LogP) is 1.49. The molecule has 0 aliphatic carbocycles. The van der Waals surface area contributed by atoms with Crippen LogP contribution in [0, 0.1) is 5.92 Å². The lowest BCUT2D eigenvalue weighted by atomic mass is 9.95. The van der Waals surface area contributed by atoms with Crippen LogP contribution in [0.3, 0.4) is 0 Å². The molecule has 1 N–H and O–H groups in total. The second-order valence-corrected chi connectivity index (χ2v) is 4.99. The number of nitrogens with one attached hydrogen (secondary N) is 1. The zero-order valence-corrected chi connectivity index (χ0v) is 10.5. The van der Waals surface area contributed by atoms with Crippen LogP contribution in [0.1, 0.15) is 38.5 Å². The van der Waals surface area contributed by atoms with Crippen molar-refractivity contribution in [3.8, 4) is 0 Å². The van der Waals surface area contributed by atoms with E-state index >= 15 is 0 Å². The van der Waals surface area contributed by atoms with Gasteiger partial charge in [-0.1, -0.05) is 0 Å². The first-order valence-corrected chi connectivity index (χ1v) is 6.83. The molecule has 1 atom stereocenters. The van der Waals surface area contributed by atoms with Gasteiger partial charge in [-0.15, -0.1) is 0 Å². The molecule has 0 spiro atoms. The van der Waals surface area contributed by atoms with Gasteiger partial charge >= 0.3 is 0 Å². The first-order chi connectivity index (χ1) is 8.36. The lowest BCUT2D eigenvalue weighted by Crippen LogP contribution is -2.34. The van der Waals surface area contributed by atoms with E-state index in [1.807, 2.05) is 0 Å². The van der Waals surface area contributed by atoms with Gasteiger partial charge in [0, 0.05) is 26.4 Å². The molecule has 4 nitrogen and oxygen atoms in total. The highest BCUT2D eigenvalue weighted by Crippen LogP contribution is 2.19. The Labute approximate surface area is 103 Å². The van der Waals surface area contributed by atoms with Gasteiger partial charge in [-0.2, -0.15) is 0 Å². The van der Waals surface area contributed by atoms with Crippen molar-refractivity contribution in [3.05, 3.63) is 0 Å². The smallest absolute Gasteiger partial charge is 0.249 e. The van der Waals surface area contributed by atoms with Crippen molar-refractivity contribution in [1.82, 2.24) is 5.32 Å². The lowest BCUT2D eigenvalue weighted by Gasteiger charge is -2.21. The molecule has 0 bridgehead atoms. The van der Waals surface area contributed by atoms with E-state index < -0.39 is 0 Å². The van der Waals surface area contributed by atoms with E-state index in [0.29, 0.717) is 0 Å². The third-order valence-electron chi connectivity index (χ3n) is 3.65. The maximum Gasteiger partial charge on any atom is 0.249 e. The van der Waals surface area contributed by atoms with Gasteiger partial charge in [-0.05, 0) is 44.4 Å². The van der Waals surface area contributed by atoms with Gasteiger partial charge in [-0.3, -0.25) is 4.79 Å². The van der Waals surface area contributed by atoms with E-state index in [0.717, 1.165) is 51.5 Å². The van der Waals surface area contributed by atoms with Crippen LogP contribution in [0.2, 0.25) is 0 Å². The van der Waals surface area contributed by atoms with Gasteiger partial charge in [0.05, 0.1) is 0 Å². The van der Waals surface area contributed by atoms with Crippen LogP contribution in [-0.2, 0) is 14.3 Å². The molecule has 98 valence electrons. The molecule has 0 aromatic rings. The highest BCUT2D eigenvalue weighted by molar-refractivity contribution is 5.80. The second-order valence-electron chi connectivity index (χ2n) is 4.99. The Hall–Kier alpha value is -0.610. The number of ether oxygens (including phenoxy) is 2. The molecule has 0 aromatic heterocycles. The summed E-state index contributed by atoms with van der Waals surface area (Å²) in [5.41, 5.74) is 0. The van der Waals surface area contributed by atoms with Crippen molar-refractivity contribution in [3.63, 3.8) is 0 Å². The van der Waals surface area contributed by atoms with Crippen LogP contribution < -0.4 is 5.32 Å². The Kier molecular flexibility index (Phi) is 5.26. The minimum atomic E-state index is -0.182. The van der Waals surface area contributed by atoms with Crippen LogP contribution in [0.25, 0.3) is 0 Å². The van der Waals surface area contributed by atoms with Gasteiger partial charge in [0.15, 0.2) is 0 Å². The van der Waals surface area contributed by atoms with Crippen LogP contribution in [0.15, 0.2) is 0 Å². The molecule has 17 heavy (non-hydrogen) atoms. The van der Waals surface area contributed by atoms with Crippen molar-refractivity contribution >= 4 is 5.91 Å². The van der Waals surface area contributed by atoms with Crippen LogP contribution in [0.4, 0.5) is 0 Å². The minimum absolute atomic E-state index is 0.0782. The molecule has 1 unspecified atom stereocenters. The fourth-order valence-corrected chi connectivity index (χ4v) is 2.54. The van der Waals surface area contributed by atoms with Gasteiger partial charge < -0.3 is 14.8 Å². The monoisotopic (exact) mass is 241 g/mol. The number of hydrogen-bond donors (Lipinski definition) is 1. The first-order valence-electron chi connectivity index (χ1n) is 6.83. The Morgan fingerprint density at radius 1 is 1.18 bits per heavy atom. The number of carbonyl (C=O) groups excluding carboxylic acids is 1. The van der Waals surface area contributed by atoms with Crippen molar-refractivity contribution in [2.75, 3.05) is 26.4 Å². The highest BCUT2D eigenvalue weighted by atomic mass is 16.5. The standard InChI is InChI=1S/C13H23NO3/c15-13(12-4-2-8-17-12)14-7-1-3-11-5-9-16-10-6-11/h11-12H,1-10H2,(H,14,15). The van der Waals surface area contributed by atoms with Gasteiger partial charge in [-0.25, -0.2) is 0 Å². The average Bonchev–Trinajstić information content (AvgIpc) is 2.89. The van der Waals surface area contributed by atoms with E-state index in [1.54, 1.807) is 0 Å². The normalized spacial score (nSPS) is 26.0. The largest absolute Gasteiger partial charge is 0.381 e. The van der Waals surface area contributed by atoms with E-state index in [-0.39, 0.29) is 12.0 Å². The summed E-state index contributed by atoms with van der Waals surface area (Å²) < 4.78 is 10.7. The minimum Gasteiger partial charge on any atom is -0.381 e. The molecule has 2 aliphatic heterocycles. The molecular formula is C13H23NO3. The zero-order valence-electron chi connectivity index (χ0n) is 10.5. The van der Waals surface area contributed by atoms with Gasteiger partial charge in [0.25, 0.3) is 0 Å². The summed E-state index contributed by atoms with van der Waals surface area (Å²) in [6, 6.07) is 0. The molecule has 2 saturated heterocycles. The molecule has 2 fully saturated rings. The summed E-state index contributed by atoms with van der Waals surface area (Å²) in [5.74, 6) is 0.873. The maximum absolute atomic E-state index is 11.6. The predicted molar refractivity (Wildman–Crippen MR) is 64.8 cm³/mol. The van der Waals surface area contributed by atoms with Crippen molar-refractivity contribution < 1.29 is 14.3 Å². The van der Waals surface area contributed by atoms with Crippen LogP contribution in [0.5, 0.6) is 0 Å². The van der Waals surface area contributed by atoms with Gasteiger partial charge in [0.1, 0.15) is 6.10 Å². The summed E-state index contributed by atoms with van der Waals surface area (Å²) in [6.45, 7) is 3.34. The topological polar surface area (TPSA) is 47.6 Å². The zero-order chi connectivity index (χ0) is 11.9. The summed E-state index contributed by atoms with van der Waals surface area (Å²) >= 11 is 0. The highest BCUT2D eigenvalue weighted by Gasteiger charge is 2.23. The quantitative estimate of drug-likeness (QED) is 0.742.